The number of hydrogen-bond donors (Lipinski definition) is 1. The Kier molecular flexibility index (Phi) is 5.81. The fourth-order valence-corrected chi connectivity index (χ4v) is 2.87. The lowest BCUT2D eigenvalue weighted by Gasteiger charge is -2.18. The van der Waals surface area contributed by atoms with Crippen LogP contribution in [0, 0.1) is 0 Å². The number of likely N-dealkylation sites (N-methyl/N-ethyl adjacent to an activating group) is 1. The van der Waals surface area contributed by atoms with Crippen LogP contribution in [0.1, 0.15) is 30.8 Å². The van der Waals surface area contributed by atoms with E-state index < -0.39 is 0 Å². The third-order valence-electron chi connectivity index (χ3n) is 4.50. The number of rotatable bonds is 6. The fraction of sp³-hybridized carbons (Fsp3) is 0.227. The van der Waals surface area contributed by atoms with Crippen LogP contribution in [0.15, 0.2) is 59.4 Å². The number of H-pyrrole nitrogens is 1. The molecule has 0 radical (unpaired) electrons. The monoisotopic (exact) mass is 361 g/mol. The second-order valence-electron chi connectivity index (χ2n) is 6.31. The van der Waals surface area contributed by atoms with Gasteiger partial charge in [0.15, 0.2) is 0 Å². The summed E-state index contributed by atoms with van der Waals surface area (Å²) in [7, 11) is 0. The quantitative estimate of drug-likeness (QED) is 0.683. The summed E-state index contributed by atoms with van der Waals surface area (Å²) >= 11 is 0. The first kappa shape index (κ1) is 18.6. The fourth-order valence-electron chi connectivity index (χ4n) is 2.87. The molecule has 3 aromatic rings. The Labute approximate surface area is 158 Å². The number of aromatic amines is 1. The molecule has 0 bridgehead atoms. The molecule has 27 heavy (non-hydrogen) atoms. The number of nitrogens with one attached hydrogen (secondary N) is 1. The number of hydrogen-bond acceptors (Lipinski definition) is 3. The molecule has 0 atom stereocenters. The van der Waals surface area contributed by atoms with Gasteiger partial charge in [0.1, 0.15) is 5.82 Å². The van der Waals surface area contributed by atoms with Crippen LogP contribution < -0.4 is 5.56 Å². The molecule has 1 heterocycles. The summed E-state index contributed by atoms with van der Waals surface area (Å²) in [6, 6.07) is 15.3. The number of carbonyl (C=O) groups excluding carboxylic acids is 1. The Balaban J connectivity index is 1.75. The highest BCUT2D eigenvalue weighted by Gasteiger charge is 2.12. The van der Waals surface area contributed by atoms with Crippen molar-refractivity contribution in [1.29, 1.82) is 0 Å². The number of amides is 1. The van der Waals surface area contributed by atoms with E-state index in [1.807, 2.05) is 25.1 Å². The van der Waals surface area contributed by atoms with Crippen LogP contribution in [0.5, 0.6) is 0 Å². The zero-order valence-corrected chi connectivity index (χ0v) is 15.6. The molecule has 0 saturated carbocycles. The van der Waals surface area contributed by atoms with Crippen LogP contribution in [0.25, 0.3) is 17.0 Å². The van der Waals surface area contributed by atoms with Gasteiger partial charge < -0.3 is 9.88 Å². The van der Waals surface area contributed by atoms with Gasteiger partial charge in [-0.1, -0.05) is 43.3 Å². The molecular weight excluding hydrogens is 338 g/mol. The molecule has 0 aliphatic heterocycles. The van der Waals surface area contributed by atoms with Gasteiger partial charge in [-0.15, -0.1) is 0 Å². The maximum Gasteiger partial charge on any atom is 0.258 e. The van der Waals surface area contributed by atoms with E-state index >= 15 is 0 Å². The molecule has 1 aromatic heterocycles. The smallest absolute Gasteiger partial charge is 0.258 e. The molecule has 0 spiro atoms. The minimum atomic E-state index is -0.189. The number of para-hydroxylation sites is 1. The zero-order valence-electron chi connectivity index (χ0n) is 15.6. The summed E-state index contributed by atoms with van der Waals surface area (Å²) in [5.74, 6) is 0.363. The summed E-state index contributed by atoms with van der Waals surface area (Å²) < 4.78 is 0. The lowest BCUT2D eigenvalue weighted by Crippen LogP contribution is -2.30. The maximum absolute atomic E-state index is 12.5. The first-order chi connectivity index (χ1) is 13.1. The van der Waals surface area contributed by atoms with E-state index in [1.54, 1.807) is 35.3 Å². The van der Waals surface area contributed by atoms with Gasteiger partial charge in [0.05, 0.1) is 17.4 Å². The predicted octanol–water partition coefficient (Wildman–Crippen LogP) is 3.55. The third-order valence-corrected chi connectivity index (χ3v) is 4.50. The van der Waals surface area contributed by atoms with Crippen molar-refractivity contribution in [3.05, 3.63) is 81.9 Å². The van der Waals surface area contributed by atoms with Crippen LogP contribution in [-0.2, 0) is 17.8 Å². The molecule has 0 aliphatic rings. The van der Waals surface area contributed by atoms with Crippen molar-refractivity contribution < 1.29 is 4.79 Å². The second kappa shape index (κ2) is 8.45. The standard InChI is InChI=1S/C22H23N3O2/c1-3-16-9-11-17(12-10-16)13-14-21(26)25(4-2)15-20-23-19-8-6-5-7-18(19)22(27)24-20/h5-14H,3-4,15H2,1-2H3,(H,23,24,27)/b14-13-. The summed E-state index contributed by atoms with van der Waals surface area (Å²) in [6.07, 6.45) is 4.36. The lowest BCUT2D eigenvalue weighted by molar-refractivity contribution is -0.126. The van der Waals surface area contributed by atoms with Crippen molar-refractivity contribution in [1.82, 2.24) is 14.9 Å². The van der Waals surface area contributed by atoms with Crippen molar-refractivity contribution in [2.24, 2.45) is 0 Å². The van der Waals surface area contributed by atoms with Gasteiger partial charge in [-0.3, -0.25) is 9.59 Å². The molecule has 5 heteroatoms. The minimum absolute atomic E-state index is 0.118. The Hall–Kier alpha value is -3.21. The van der Waals surface area contributed by atoms with E-state index in [9.17, 15) is 9.59 Å². The van der Waals surface area contributed by atoms with Crippen molar-refractivity contribution >= 4 is 22.9 Å². The van der Waals surface area contributed by atoms with Crippen molar-refractivity contribution in [3.63, 3.8) is 0 Å². The van der Waals surface area contributed by atoms with E-state index in [0.717, 1.165) is 12.0 Å². The Morgan fingerprint density at radius 3 is 2.56 bits per heavy atom. The van der Waals surface area contributed by atoms with Crippen LogP contribution in [0.3, 0.4) is 0 Å². The molecule has 3 rings (SSSR count). The van der Waals surface area contributed by atoms with Gasteiger partial charge in [0.2, 0.25) is 5.91 Å². The maximum atomic E-state index is 12.5. The Bertz CT molecular complexity index is 1020. The molecule has 2 aromatic carbocycles. The van der Waals surface area contributed by atoms with E-state index in [4.69, 9.17) is 0 Å². The number of fused-ring (bicyclic) bond motifs is 1. The van der Waals surface area contributed by atoms with Crippen molar-refractivity contribution in [2.75, 3.05) is 6.54 Å². The molecular formula is C22H23N3O2. The van der Waals surface area contributed by atoms with Gasteiger partial charge >= 0.3 is 0 Å². The van der Waals surface area contributed by atoms with Gasteiger partial charge in [-0.05, 0) is 42.7 Å². The number of aryl methyl sites for hydroxylation is 1. The largest absolute Gasteiger partial charge is 0.332 e. The first-order valence-electron chi connectivity index (χ1n) is 9.14. The summed E-state index contributed by atoms with van der Waals surface area (Å²) in [4.78, 5) is 33.6. The predicted molar refractivity (Wildman–Crippen MR) is 108 cm³/mol. The summed E-state index contributed by atoms with van der Waals surface area (Å²) in [6.45, 7) is 4.79. The second-order valence-corrected chi connectivity index (χ2v) is 6.31. The van der Waals surface area contributed by atoms with E-state index in [1.165, 1.54) is 5.56 Å². The minimum Gasteiger partial charge on any atom is -0.332 e. The van der Waals surface area contributed by atoms with Crippen molar-refractivity contribution in [3.8, 4) is 0 Å². The highest BCUT2D eigenvalue weighted by molar-refractivity contribution is 5.91. The van der Waals surface area contributed by atoms with Gasteiger partial charge in [0, 0.05) is 12.6 Å². The van der Waals surface area contributed by atoms with Crippen LogP contribution in [0.4, 0.5) is 0 Å². The highest BCUT2D eigenvalue weighted by atomic mass is 16.2. The third kappa shape index (κ3) is 4.50. The number of aromatic nitrogens is 2. The average Bonchev–Trinajstić information content (AvgIpc) is 2.70. The molecule has 5 nitrogen and oxygen atoms in total. The number of carbonyl (C=O) groups is 1. The molecule has 1 amide bonds. The van der Waals surface area contributed by atoms with Gasteiger partial charge in [0.25, 0.3) is 5.56 Å². The Morgan fingerprint density at radius 1 is 1.11 bits per heavy atom. The SMILES string of the molecule is CCc1ccc(/C=C\C(=O)N(CC)Cc2nc3ccccc3c(=O)[nH]2)cc1. The van der Waals surface area contributed by atoms with E-state index in [2.05, 4.69) is 29.0 Å². The van der Waals surface area contributed by atoms with Crippen molar-refractivity contribution in [2.45, 2.75) is 26.8 Å². The van der Waals surface area contributed by atoms with Crippen LogP contribution in [0.2, 0.25) is 0 Å². The number of benzene rings is 2. The summed E-state index contributed by atoms with van der Waals surface area (Å²) in [5.41, 5.74) is 2.69. The highest BCUT2D eigenvalue weighted by Crippen LogP contribution is 2.09. The Morgan fingerprint density at radius 2 is 1.85 bits per heavy atom. The normalized spacial score (nSPS) is 11.2. The van der Waals surface area contributed by atoms with Gasteiger partial charge in [-0.25, -0.2) is 4.98 Å². The zero-order chi connectivity index (χ0) is 19.2. The molecule has 0 aliphatic carbocycles. The van der Waals surface area contributed by atoms with E-state index in [0.29, 0.717) is 23.3 Å². The average molecular weight is 361 g/mol. The molecule has 0 unspecified atom stereocenters. The number of nitrogens with zero attached hydrogens (tertiary/aromatic N) is 2. The molecule has 0 saturated heterocycles. The molecule has 1 N–H and O–H groups in total. The summed E-state index contributed by atoms with van der Waals surface area (Å²) in [5, 5.41) is 0.547. The van der Waals surface area contributed by atoms with Gasteiger partial charge in [-0.2, -0.15) is 0 Å². The van der Waals surface area contributed by atoms with Crippen LogP contribution in [-0.4, -0.2) is 27.3 Å². The molecule has 0 fully saturated rings. The topological polar surface area (TPSA) is 66.1 Å². The van der Waals surface area contributed by atoms with E-state index in [-0.39, 0.29) is 18.0 Å². The molecule has 138 valence electrons. The lowest BCUT2D eigenvalue weighted by atomic mass is 10.1. The first-order valence-corrected chi connectivity index (χ1v) is 9.14. The van der Waals surface area contributed by atoms with Crippen LogP contribution >= 0.6 is 0 Å².